The summed E-state index contributed by atoms with van der Waals surface area (Å²) < 4.78 is 16.3. The van der Waals surface area contributed by atoms with Crippen LogP contribution in [0.15, 0.2) is 72.8 Å². The maximum Gasteiger partial charge on any atom is 0.407 e. The molecule has 12 rings (SSSR count). The third-order valence-corrected chi connectivity index (χ3v) is 13.3. The Morgan fingerprint density at radius 2 is 1.26 bits per heavy atom. The van der Waals surface area contributed by atoms with Crippen molar-refractivity contribution in [2.24, 2.45) is 11.8 Å². The first kappa shape index (κ1) is 44.4. The minimum Gasteiger partial charge on any atom is -0.465 e. The van der Waals surface area contributed by atoms with Gasteiger partial charge in [-0.1, -0.05) is 83.1 Å². The van der Waals surface area contributed by atoms with E-state index < -0.39 is 36.4 Å². The minimum absolute atomic E-state index is 0.0504. The van der Waals surface area contributed by atoms with Crippen LogP contribution in [0.4, 0.5) is 9.59 Å². The molecule has 4 heterocycles. The molecule has 0 spiro atoms. The van der Waals surface area contributed by atoms with Gasteiger partial charge in [-0.25, -0.2) is 19.6 Å². The molecule has 2 aliphatic heterocycles. The quantitative estimate of drug-likeness (QED) is 0.0911. The number of nitrogens with one attached hydrogen (secondary N) is 4. The molecule has 16 heteroatoms. The van der Waals surface area contributed by atoms with Gasteiger partial charge in [0.05, 0.1) is 42.4 Å². The number of H-pyrrole nitrogens is 2. The van der Waals surface area contributed by atoms with Crippen LogP contribution in [0, 0.1) is 11.8 Å². The minimum atomic E-state index is -1.25. The molecule has 0 saturated carbocycles. The second-order valence-electron chi connectivity index (χ2n) is 18.4. The molecule has 4 bridgehead atoms. The second kappa shape index (κ2) is 18.2. The van der Waals surface area contributed by atoms with Gasteiger partial charge in [-0.05, 0) is 106 Å². The number of fused-ring (bicyclic) bond motifs is 2. The number of aryl methyl sites for hydroxylation is 2. The normalized spacial score (nSPS) is 19.4. The van der Waals surface area contributed by atoms with Crippen LogP contribution >= 0.6 is 0 Å². The first-order valence-corrected chi connectivity index (χ1v) is 22.6. The summed E-state index contributed by atoms with van der Waals surface area (Å²) in [5.41, 5.74) is 12.7. The van der Waals surface area contributed by atoms with Gasteiger partial charge in [0.15, 0.2) is 0 Å². The predicted molar refractivity (Wildman–Crippen MR) is 247 cm³/mol. The van der Waals surface area contributed by atoms with E-state index in [1.54, 1.807) is 9.80 Å². The molecule has 6 aliphatic rings. The SMILES string of the molecule is COC(=O)N[C@H](C(=O)N1COC[C@H]1c1nc2ccc(-c3cc4ccc3CCc3ccc(c(-c5ccc6nc([C@@H]7COCN7C(=O)[C@@H](NC(=O)O)C(C)C)[nH]c6c5)c3)C[C@H]4C)cc2[nH]1)C(C)C. The Balaban J connectivity index is 0.963. The van der Waals surface area contributed by atoms with Gasteiger partial charge in [0.2, 0.25) is 11.8 Å². The number of ether oxygens (including phenoxy) is 3. The number of methoxy groups -OCH3 is 1. The van der Waals surface area contributed by atoms with Crippen LogP contribution in [0.1, 0.15) is 86.5 Å². The molecule has 4 aromatic carbocycles. The number of hydrogen-bond donors (Lipinski definition) is 5. The number of rotatable bonds is 10. The zero-order chi connectivity index (χ0) is 46.4. The summed E-state index contributed by atoms with van der Waals surface area (Å²) in [6, 6.07) is 23.6. The summed E-state index contributed by atoms with van der Waals surface area (Å²) in [5.74, 6) is 0.380. The molecule has 5 atom stereocenters. The van der Waals surface area contributed by atoms with E-state index in [1.807, 2.05) is 39.8 Å². The van der Waals surface area contributed by atoms with E-state index in [2.05, 4.69) is 88.2 Å². The molecule has 0 radical (unpaired) electrons. The fourth-order valence-corrected chi connectivity index (χ4v) is 9.53. The molecule has 0 unspecified atom stereocenters. The summed E-state index contributed by atoms with van der Waals surface area (Å²) in [7, 11) is 1.28. The van der Waals surface area contributed by atoms with E-state index in [0.29, 0.717) is 11.6 Å². The van der Waals surface area contributed by atoms with Gasteiger partial charge in [-0.15, -0.1) is 0 Å². The Bertz CT molecular complexity index is 2830. The number of aromatic amines is 2. The van der Waals surface area contributed by atoms with Crippen LogP contribution in [-0.2, 0) is 43.1 Å². The predicted octanol–water partition coefficient (Wildman–Crippen LogP) is 7.61. The van der Waals surface area contributed by atoms with Crippen molar-refractivity contribution < 1.29 is 38.5 Å². The lowest BCUT2D eigenvalue weighted by atomic mass is 9.84. The molecule has 2 aromatic heterocycles. The molecule has 2 saturated heterocycles. The summed E-state index contributed by atoms with van der Waals surface area (Å²) in [5, 5.41) is 14.5. The molecule has 4 amide bonds. The maximum absolute atomic E-state index is 13.7. The summed E-state index contributed by atoms with van der Waals surface area (Å²) in [4.78, 5) is 70.8. The number of hydrogen-bond acceptors (Lipinski definition) is 9. The Labute approximate surface area is 382 Å². The van der Waals surface area contributed by atoms with Crippen molar-refractivity contribution in [2.45, 2.75) is 84.0 Å². The Morgan fingerprint density at radius 3 is 1.80 bits per heavy atom. The standard InChI is InChI=1S/C50H56N8O8/c1-26(2)43(55-49(61)62)47(59)57-24-65-22-41(57)45-51-37-15-13-33(20-39(37)53-45)35-18-29-7-9-30-11-12-31(28(5)17-32(35)10-8-29)19-36(30)34-14-16-38-40(21-34)54-46(52-38)42-23-66-25-58(42)48(60)44(27(3)4)56-50(63)64-6/h8,10-16,18-21,26-28,41-44,55H,7,9,17,22-25H2,1-6H3,(H,51,53)(H,52,54)(H,56,63)(H,61,62)/t28-,41+,42+,43+,44+/m1/s1. The summed E-state index contributed by atoms with van der Waals surface area (Å²) in [6.07, 6.45) is 0.552. The number of carboxylic acid groups (broad SMARTS) is 1. The highest BCUT2D eigenvalue weighted by Crippen LogP contribution is 2.37. The van der Waals surface area contributed by atoms with Gasteiger partial charge >= 0.3 is 12.2 Å². The molecular weight excluding hydrogens is 841 g/mol. The van der Waals surface area contributed by atoms with Crippen molar-refractivity contribution in [3.05, 3.63) is 107 Å². The van der Waals surface area contributed by atoms with Crippen LogP contribution in [-0.4, -0.2) is 105 Å². The van der Waals surface area contributed by atoms with Crippen molar-refractivity contribution in [1.82, 2.24) is 40.4 Å². The van der Waals surface area contributed by atoms with Crippen LogP contribution in [0.3, 0.4) is 0 Å². The number of carbonyl (C=O) groups excluding carboxylic acids is 3. The molecule has 16 nitrogen and oxygen atoms in total. The zero-order valence-electron chi connectivity index (χ0n) is 38.0. The molecule has 5 N–H and O–H groups in total. The van der Waals surface area contributed by atoms with Gasteiger partial charge < -0.3 is 49.7 Å². The van der Waals surface area contributed by atoms with Gasteiger partial charge in [-0.3, -0.25) is 9.59 Å². The van der Waals surface area contributed by atoms with Crippen molar-refractivity contribution in [3.8, 4) is 22.3 Å². The third kappa shape index (κ3) is 8.70. The zero-order valence-corrected chi connectivity index (χ0v) is 38.0. The number of carbonyl (C=O) groups is 4. The smallest absolute Gasteiger partial charge is 0.407 e. The molecule has 4 aliphatic carbocycles. The fraction of sp³-hybridized carbons (Fsp3) is 0.400. The van der Waals surface area contributed by atoms with Gasteiger partial charge in [0, 0.05) is 0 Å². The van der Waals surface area contributed by atoms with E-state index >= 15 is 0 Å². The molecule has 2 fully saturated rings. The highest BCUT2D eigenvalue weighted by molar-refractivity contribution is 5.88. The number of benzene rings is 4. The van der Waals surface area contributed by atoms with Gasteiger partial charge in [0.1, 0.15) is 49.3 Å². The van der Waals surface area contributed by atoms with E-state index in [4.69, 9.17) is 24.2 Å². The van der Waals surface area contributed by atoms with E-state index in [1.165, 1.54) is 40.5 Å². The number of imidazole rings is 2. The average Bonchev–Trinajstić information content (AvgIpc) is 4.14. The largest absolute Gasteiger partial charge is 0.465 e. The lowest BCUT2D eigenvalue weighted by Gasteiger charge is -2.28. The van der Waals surface area contributed by atoms with Crippen LogP contribution in [0.5, 0.6) is 0 Å². The molecule has 66 heavy (non-hydrogen) atoms. The second-order valence-corrected chi connectivity index (χ2v) is 18.4. The fourth-order valence-electron chi connectivity index (χ4n) is 9.53. The topological polar surface area (TPSA) is 204 Å². The van der Waals surface area contributed by atoms with Crippen LogP contribution in [0.2, 0.25) is 0 Å². The molecule has 344 valence electrons. The summed E-state index contributed by atoms with van der Waals surface area (Å²) in [6.45, 7) is 10.3. The Hall–Kier alpha value is -6.78. The number of amides is 4. The highest BCUT2D eigenvalue weighted by Gasteiger charge is 2.40. The average molecular weight is 897 g/mol. The van der Waals surface area contributed by atoms with E-state index in [9.17, 15) is 24.3 Å². The monoisotopic (exact) mass is 896 g/mol. The molecule has 6 aromatic rings. The Kier molecular flexibility index (Phi) is 12.3. The van der Waals surface area contributed by atoms with E-state index in [-0.39, 0.29) is 56.2 Å². The lowest BCUT2D eigenvalue weighted by Crippen LogP contribution is -2.51. The van der Waals surface area contributed by atoms with Crippen molar-refractivity contribution in [1.29, 1.82) is 0 Å². The number of aromatic nitrogens is 4. The third-order valence-electron chi connectivity index (χ3n) is 13.3. The maximum atomic E-state index is 13.7. The highest BCUT2D eigenvalue weighted by atomic mass is 16.5. The first-order chi connectivity index (χ1) is 31.8. The molecular formula is C50H56N8O8. The van der Waals surface area contributed by atoms with Crippen LogP contribution < -0.4 is 10.6 Å². The first-order valence-electron chi connectivity index (χ1n) is 22.6. The number of alkyl carbamates (subject to hydrolysis) is 1. The van der Waals surface area contributed by atoms with Gasteiger partial charge in [0.25, 0.3) is 0 Å². The Morgan fingerprint density at radius 1 is 0.712 bits per heavy atom. The lowest BCUT2D eigenvalue weighted by molar-refractivity contribution is -0.137. The van der Waals surface area contributed by atoms with Crippen molar-refractivity contribution >= 4 is 46.1 Å². The van der Waals surface area contributed by atoms with Crippen molar-refractivity contribution in [3.63, 3.8) is 0 Å². The van der Waals surface area contributed by atoms with Crippen LogP contribution in [0.25, 0.3) is 44.3 Å². The summed E-state index contributed by atoms with van der Waals surface area (Å²) >= 11 is 0. The van der Waals surface area contributed by atoms with Gasteiger partial charge in [-0.2, -0.15) is 0 Å². The van der Waals surface area contributed by atoms with E-state index in [0.717, 1.165) is 52.5 Å². The number of nitrogens with zero attached hydrogens (tertiary/aromatic N) is 4. The van der Waals surface area contributed by atoms with Crippen molar-refractivity contribution in [2.75, 3.05) is 33.8 Å².